The minimum absolute atomic E-state index is 0.273. The second-order valence-corrected chi connectivity index (χ2v) is 5.20. The maximum Gasteiger partial charge on any atom is 0.338 e. The summed E-state index contributed by atoms with van der Waals surface area (Å²) in [6.07, 6.45) is 7.46. The monoisotopic (exact) mass is 286 g/mol. The van der Waals surface area contributed by atoms with Crippen molar-refractivity contribution in [3.63, 3.8) is 0 Å². The molecule has 0 amide bonds. The van der Waals surface area contributed by atoms with Gasteiger partial charge in [-0.15, -0.1) is 6.42 Å². The molecule has 1 heterocycles. The summed E-state index contributed by atoms with van der Waals surface area (Å²) in [4.78, 5) is 14.0. The molecule has 1 fully saturated rings. The predicted molar refractivity (Wildman–Crippen MR) is 84.3 cm³/mol. The average molecular weight is 286 g/mol. The maximum atomic E-state index is 11.7. The number of carbonyl (C=O) groups is 1. The van der Waals surface area contributed by atoms with Crippen molar-refractivity contribution in [3.8, 4) is 12.3 Å². The normalized spacial score (nSPS) is 16.2. The van der Waals surface area contributed by atoms with Gasteiger partial charge in [-0.1, -0.05) is 12.0 Å². The first-order chi connectivity index (χ1) is 10.2. The molecule has 0 spiro atoms. The summed E-state index contributed by atoms with van der Waals surface area (Å²) in [5.74, 6) is 2.41. The van der Waals surface area contributed by atoms with Crippen molar-refractivity contribution in [2.45, 2.75) is 25.8 Å². The molecular formula is C17H22N2O2. The third kappa shape index (κ3) is 4.51. The van der Waals surface area contributed by atoms with Crippen LogP contribution in [-0.4, -0.2) is 43.2 Å². The largest absolute Gasteiger partial charge is 0.462 e. The van der Waals surface area contributed by atoms with Crippen LogP contribution in [0, 0.1) is 12.3 Å². The lowest BCUT2D eigenvalue weighted by Crippen LogP contribution is -2.39. The third-order valence-electron chi connectivity index (χ3n) is 3.65. The molecule has 112 valence electrons. The van der Waals surface area contributed by atoms with Crippen LogP contribution in [0.1, 0.15) is 30.1 Å². The van der Waals surface area contributed by atoms with E-state index in [-0.39, 0.29) is 5.97 Å². The molecule has 0 unspecified atom stereocenters. The van der Waals surface area contributed by atoms with Gasteiger partial charge < -0.3 is 10.1 Å². The highest BCUT2D eigenvalue weighted by molar-refractivity contribution is 5.90. The fourth-order valence-electron chi connectivity index (χ4n) is 2.55. The summed E-state index contributed by atoms with van der Waals surface area (Å²) in [5.41, 5.74) is 1.56. The number of nitrogens with zero attached hydrogens (tertiary/aromatic N) is 1. The Bertz CT molecular complexity index is 514. The highest BCUT2D eigenvalue weighted by atomic mass is 16.5. The minimum Gasteiger partial charge on any atom is -0.462 e. The summed E-state index contributed by atoms with van der Waals surface area (Å²) >= 11 is 0. The quantitative estimate of drug-likeness (QED) is 0.666. The summed E-state index contributed by atoms with van der Waals surface area (Å²) in [6, 6.07) is 7.92. The molecular weight excluding hydrogens is 264 g/mol. The van der Waals surface area contributed by atoms with Crippen LogP contribution in [-0.2, 0) is 4.74 Å². The molecule has 21 heavy (non-hydrogen) atoms. The van der Waals surface area contributed by atoms with E-state index in [9.17, 15) is 4.79 Å². The van der Waals surface area contributed by atoms with Crippen LogP contribution in [0.2, 0.25) is 0 Å². The highest BCUT2D eigenvalue weighted by Gasteiger charge is 2.18. The zero-order valence-corrected chi connectivity index (χ0v) is 12.5. The molecule has 0 aromatic heterocycles. The molecule has 1 saturated heterocycles. The van der Waals surface area contributed by atoms with Crippen LogP contribution in [0.4, 0.5) is 5.69 Å². The van der Waals surface area contributed by atoms with Crippen molar-refractivity contribution in [2.24, 2.45) is 0 Å². The number of esters is 1. The number of anilines is 1. The molecule has 0 saturated carbocycles. The van der Waals surface area contributed by atoms with Crippen LogP contribution in [0.3, 0.4) is 0 Å². The number of piperidine rings is 1. The molecule has 0 atom stereocenters. The van der Waals surface area contributed by atoms with Gasteiger partial charge in [0.2, 0.25) is 0 Å². The van der Waals surface area contributed by atoms with Crippen LogP contribution in [0.25, 0.3) is 0 Å². The van der Waals surface area contributed by atoms with Crippen molar-refractivity contribution in [2.75, 3.05) is 31.6 Å². The van der Waals surface area contributed by atoms with E-state index in [1.807, 2.05) is 25.1 Å². The van der Waals surface area contributed by atoms with Crippen molar-refractivity contribution in [3.05, 3.63) is 29.8 Å². The number of carbonyl (C=O) groups excluding carboxylic acids is 1. The Morgan fingerprint density at radius 2 is 2.24 bits per heavy atom. The first-order valence-electron chi connectivity index (χ1n) is 7.42. The molecule has 0 bridgehead atoms. The van der Waals surface area contributed by atoms with Crippen molar-refractivity contribution < 1.29 is 9.53 Å². The van der Waals surface area contributed by atoms with E-state index < -0.39 is 0 Å². The highest BCUT2D eigenvalue weighted by Crippen LogP contribution is 2.18. The number of benzene rings is 1. The molecule has 1 aromatic rings. The fourth-order valence-corrected chi connectivity index (χ4v) is 2.55. The number of nitrogens with one attached hydrogen (secondary N) is 1. The van der Waals surface area contributed by atoms with Gasteiger partial charge in [0.15, 0.2) is 0 Å². The van der Waals surface area contributed by atoms with Gasteiger partial charge in [0.05, 0.1) is 18.7 Å². The average Bonchev–Trinajstić information content (AvgIpc) is 2.50. The van der Waals surface area contributed by atoms with Gasteiger partial charge in [0.1, 0.15) is 0 Å². The maximum absolute atomic E-state index is 11.7. The van der Waals surface area contributed by atoms with Crippen molar-refractivity contribution in [1.82, 2.24) is 4.90 Å². The first kappa shape index (κ1) is 15.4. The van der Waals surface area contributed by atoms with Gasteiger partial charge in [-0.3, -0.25) is 4.90 Å². The molecule has 4 heteroatoms. The van der Waals surface area contributed by atoms with Crippen molar-refractivity contribution in [1.29, 1.82) is 0 Å². The van der Waals surface area contributed by atoms with E-state index in [0.717, 1.165) is 38.2 Å². The molecule has 0 radical (unpaired) electrons. The SMILES string of the molecule is C#CCN1CCC(Nc2cccc(C(=O)OCC)c2)CC1. The van der Waals surface area contributed by atoms with E-state index in [1.54, 1.807) is 6.07 Å². The smallest absolute Gasteiger partial charge is 0.338 e. The number of ether oxygens (including phenoxy) is 1. The summed E-state index contributed by atoms with van der Waals surface area (Å²) < 4.78 is 5.02. The zero-order chi connectivity index (χ0) is 15.1. The van der Waals surface area contributed by atoms with Gasteiger partial charge in [-0.25, -0.2) is 4.79 Å². The van der Waals surface area contributed by atoms with Gasteiger partial charge >= 0.3 is 5.97 Å². The predicted octanol–water partition coefficient (Wildman–Crippen LogP) is 2.37. The van der Waals surface area contributed by atoms with E-state index >= 15 is 0 Å². The second kappa shape index (κ2) is 7.70. The Morgan fingerprint density at radius 3 is 2.90 bits per heavy atom. The number of hydrogen-bond acceptors (Lipinski definition) is 4. The van der Waals surface area contributed by atoms with Crippen LogP contribution < -0.4 is 5.32 Å². The fraction of sp³-hybridized carbons (Fsp3) is 0.471. The topological polar surface area (TPSA) is 41.6 Å². The molecule has 1 N–H and O–H groups in total. The van der Waals surface area contributed by atoms with Gasteiger partial charge in [-0.2, -0.15) is 0 Å². The zero-order valence-electron chi connectivity index (χ0n) is 12.5. The Morgan fingerprint density at radius 1 is 1.48 bits per heavy atom. The van der Waals surface area contributed by atoms with Crippen LogP contribution >= 0.6 is 0 Å². The molecule has 1 aliphatic heterocycles. The van der Waals surface area contributed by atoms with E-state index in [0.29, 0.717) is 18.2 Å². The van der Waals surface area contributed by atoms with Gasteiger partial charge in [0, 0.05) is 24.8 Å². The van der Waals surface area contributed by atoms with Gasteiger partial charge in [0.25, 0.3) is 0 Å². The Balaban J connectivity index is 1.90. The minimum atomic E-state index is -0.273. The molecule has 1 aromatic carbocycles. The van der Waals surface area contributed by atoms with Gasteiger partial charge in [-0.05, 0) is 38.0 Å². The van der Waals surface area contributed by atoms with E-state index in [4.69, 9.17) is 11.2 Å². The summed E-state index contributed by atoms with van der Waals surface area (Å²) in [6.45, 7) is 4.96. The first-order valence-corrected chi connectivity index (χ1v) is 7.42. The number of terminal acetylenes is 1. The second-order valence-electron chi connectivity index (χ2n) is 5.20. The Hall–Kier alpha value is -1.99. The standard InChI is InChI=1S/C17H22N2O2/c1-3-10-19-11-8-15(9-12-19)18-16-7-5-6-14(13-16)17(20)21-4-2/h1,5-7,13,15,18H,4,8-12H2,2H3. The lowest BCUT2D eigenvalue weighted by Gasteiger charge is -2.31. The molecule has 2 rings (SSSR count). The number of rotatable bonds is 5. The number of hydrogen-bond donors (Lipinski definition) is 1. The summed E-state index contributed by atoms with van der Waals surface area (Å²) in [7, 11) is 0. The van der Waals surface area contributed by atoms with Crippen LogP contribution in [0.15, 0.2) is 24.3 Å². The van der Waals surface area contributed by atoms with Crippen molar-refractivity contribution >= 4 is 11.7 Å². The van der Waals surface area contributed by atoms with E-state index in [2.05, 4.69) is 16.1 Å². The Kier molecular flexibility index (Phi) is 5.65. The molecule has 1 aliphatic rings. The van der Waals surface area contributed by atoms with E-state index in [1.165, 1.54) is 0 Å². The lowest BCUT2D eigenvalue weighted by molar-refractivity contribution is 0.0526. The lowest BCUT2D eigenvalue weighted by atomic mass is 10.0. The number of likely N-dealkylation sites (tertiary alicyclic amines) is 1. The molecule has 4 nitrogen and oxygen atoms in total. The summed E-state index contributed by atoms with van der Waals surface area (Å²) in [5, 5.41) is 3.49. The molecule has 0 aliphatic carbocycles. The van der Waals surface area contributed by atoms with Crippen LogP contribution in [0.5, 0.6) is 0 Å². The third-order valence-corrected chi connectivity index (χ3v) is 3.65. The Labute approximate surface area is 126 Å².